The van der Waals surface area contributed by atoms with E-state index < -0.39 is 0 Å². The molecule has 50 heavy (non-hydrogen) atoms. The molecule has 0 aliphatic rings. The van der Waals surface area contributed by atoms with E-state index in [1.54, 1.807) is 46.8 Å². The van der Waals surface area contributed by atoms with Crippen LogP contribution in [0.2, 0.25) is 0 Å². The van der Waals surface area contributed by atoms with Gasteiger partial charge >= 0.3 is 42.1 Å². The Kier molecular flexibility index (Phi) is 8.62. The predicted molar refractivity (Wildman–Crippen MR) is 176 cm³/mol. The van der Waals surface area contributed by atoms with Gasteiger partial charge in [-0.3, -0.25) is 0 Å². The van der Waals surface area contributed by atoms with Crippen LogP contribution in [0.5, 0.6) is 0 Å². The molecule has 0 spiro atoms. The van der Waals surface area contributed by atoms with Gasteiger partial charge in [0, 0.05) is 51.2 Å². The van der Waals surface area contributed by atoms with Crippen LogP contribution < -0.4 is 0 Å². The SMILES string of the molecule is Cn1[c-]nc(-c2coc3cc4coc(-c5cn(C)cn5)c4[c-]c23)c1.Cn1[c-]nc(-c2occ3cc4occ(-c5cn(C)cn5)c4[c-]c23)c1.[Pt+2].[Pt+2]. The number of imidazole rings is 4. The van der Waals surface area contributed by atoms with Crippen LogP contribution in [-0.2, 0) is 70.3 Å². The van der Waals surface area contributed by atoms with Crippen molar-refractivity contribution < 1.29 is 59.8 Å². The van der Waals surface area contributed by atoms with Gasteiger partial charge in [0.1, 0.15) is 0 Å². The Labute approximate surface area is 312 Å². The summed E-state index contributed by atoms with van der Waals surface area (Å²) in [6.45, 7) is 0. The molecule has 2 aromatic carbocycles. The van der Waals surface area contributed by atoms with Crippen molar-refractivity contribution >= 4 is 43.5 Å². The predicted octanol–water partition coefficient (Wildman–Crippen LogP) is 7.16. The van der Waals surface area contributed by atoms with Crippen LogP contribution in [0.1, 0.15) is 0 Å². The van der Waals surface area contributed by atoms with Crippen LogP contribution >= 0.6 is 0 Å². The van der Waals surface area contributed by atoms with Gasteiger partial charge in [0.15, 0.2) is 0 Å². The van der Waals surface area contributed by atoms with E-state index in [0.717, 1.165) is 77.4 Å². The molecule has 0 unspecified atom stereocenters. The number of hydrogen-bond donors (Lipinski definition) is 0. The molecule has 0 aliphatic heterocycles. The largest absolute Gasteiger partial charge is 2.00 e. The van der Waals surface area contributed by atoms with E-state index in [1.807, 2.05) is 74.2 Å². The van der Waals surface area contributed by atoms with E-state index in [0.29, 0.717) is 11.5 Å². The van der Waals surface area contributed by atoms with Gasteiger partial charge in [-0.1, -0.05) is 56.0 Å². The van der Waals surface area contributed by atoms with E-state index in [-0.39, 0.29) is 42.1 Å². The fourth-order valence-corrected chi connectivity index (χ4v) is 5.78. The van der Waals surface area contributed by atoms with Crippen LogP contribution in [0.3, 0.4) is 0 Å². The zero-order chi connectivity index (χ0) is 32.5. The summed E-state index contributed by atoms with van der Waals surface area (Å²) in [5.74, 6) is 1.38. The van der Waals surface area contributed by atoms with Gasteiger partial charge in [-0.05, 0) is 25.0 Å². The van der Waals surface area contributed by atoms with Crippen molar-refractivity contribution in [1.29, 1.82) is 0 Å². The van der Waals surface area contributed by atoms with Gasteiger partial charge < -0.3 is 45.9 Å². The molecule has 0 atom stereocenters. The molecule has 0 N–H and O–H groups in total. The summed E-state index contributed by atoms with van der Waals surface area (Å²) in [5, 5.41) is 5.34. The van der Waals surface area contributed by atoms with Gasteiger partial charge in [-0.2, -0.15) is 0 Å². The zero-order valence-corrected chi connectivity index (χ0v) is 31.3. The molecule has 12 nitrogen and oxygen atoms in total. The minimum Gasteiger partial charge on any atom is -0.518 e. The second-order valence-corrected chi connectivity index (χ2v) is 11.6. The second kappa shape index (κ2) is 12.9. The summed E-state index contributed by atoms with van der Waals surface area (Å²) >= 11 is 0. The molecular formula is C36H24N8O4Pt2. The molecule has 10 rings (SSSR count). The standard InChI is InChI=1S/2C18H12N4O2.2Pt/c2*1-21-5-15(19-9-21)14-8-23-17-3-11-7-24-18(12(11)4-13(14)17)16-6-22(2)10-20-16;;/h3,5-8,10H,1-2H3;3,5-9H,1-2H3;;/q2*-2;2*+2. The van der Waals surface area contributed by atoms with Crippen LogP contribution in [0.15, 0.2) is 92.3 Å². The van der Waals surface area contributed by atoms with Crippen LogP contribution in [0.25, 0.3) is 88.9 Å². The van der Waals surface area contributed by atoms with Crippen molar-refractivity contribution in [2.45, 2.75) is 0 Å². The molecule has 0 radical (unpaired) electrons. The number of rotatable bonds is 4. The number of benzene rings is 2. The van der Waals surface area contributed by atoms with Crippen LogP contribution in [0, 0.1) is 24.8 Å². The number of furan rings is 4. The van der Waals surface area contributed by atoms with Crippen molar-refractivity contribution in [3.8, 4) is 45.4 Å². The molecule has 8 aromatic heterocycles. The molecule has 14 heteroatoms. The van der Waals surface area contributed by atoms with E-state index in [9.17, 15) is 0 Å². The van der Waals surface area contributed by atoms with E-state index >= 15 is 0 Å². The zero-order valence-electron chi connectivity index (χ0n) is 26.8. The van der Waals surface area contributed by atoms with Crippen LogP contribution in [-0.4, -0.2) is 38.2 Å². The summed E-state index contributed by atoms with van der Waals surface area (Å²) in [7, 11) is 7.62. The summed E-state index contributed by atoms with van der Waals surface area (Å²) in [4.78, 5) is 17.3. The van der Waals surface area contributed by atoms with Gasteiger partial charge in [0.05, 0.1) is 59.8 Å². The number of aromatic nitrogens is 8. The molecule has 0 amide bonds. The average molecular weight is 1020 g/mol. The summed E-state index contributed by atoms with van der Waals surface area (Å²) in [6.07, 6.45) is 23.7. The summed E-state index contributed by atoms with van der Waals surface area (Å²) < 4.78 is 30.2. The van der Waals surface area contributed by atoms with E-state index in [1.165, 1.54) is 0 Å². The first kappa shape index (κ1) is 33.3. The topological polar surface area (TPSA) is 124 Å². The fraction of sp³-hybridized carbons (Fsp3) is 0.111. The van der Waals surface area contributed by atoms with Gasteiger partial charge in [0.25, 0.3) is 0 Å². The minimum absolute atomic E-state index is 0. The third-order valence-corrected chi connectivity index (χ3v) is 8.07. The molecule has 252 valence electrons. The molecular weight excluding hydrogens is 999 g/mol. The van der Waals surface area contributed by atoms with Gasteiger partial charge in [-0.15, -0.1) is 24.5 Å². The Morgan fingerprint density at radius 3 is 1.48 bits per heavy atom. The molecule has 0 aliphatic carbocycles. The van der Waals surface area contributed by atoms with Crippen molar-refractivity contribution in [3.05, 3.63) is 99.4 Å². The fourth-order valence-electron chi connectivity index (χ4n) is 5.78. The summed E-state index contributed by atoms with van der Waals surface area (Å²) in [5.41, 5.74) is 6.45. The number of nitrogens with zero attached hydrogens (tertiary/aromatic N) is 8. The first-order valence-electron chi connectivity index (χ1n) is 14.9. The Balaban J connectivity index is 0.000000151. The monoisotopic (exact) mass is 1020 g/mol. The molecule has 0 saturated carbocycles. The van der Waals surface area contributed by atoms with E-state index in [2.05, 4.69) is 44.7 Å². The molecule has 0 fully saturated rings. The minimum atomic E-state index is 0. The number of hydrogen-bond acceptors (Lipinski definition) is 8. The van der Waals surface area contributed by atoms with Crippen LogP contribution in [0.4, 0.5) is 0 Å². The first-order chi connectivity index (χ1) is 23.4. The van der Waals surface area contributed by atoms with Crippen molar-refractivity contribution in [2.75, 3.05) is 0 Å². The second-order valence-electron chi connectivity index (χ2n) is 11.6. The molecule has 10 aromatic rings. The first-order valence-corrected chi connectivity index (χ1v) is 14.9. The molecule has 0 bridgehead atoms. The van der Waals surface area contributed by atoms with Crippen molar-refractivity contribution in [3.63, 3.8) is 0 Å². The number of aryl methyl sites for hydroxylation is 4. The Morgan fingerprint density at radius 2 is 1.00 bits per heavy atom. The average Bonchev–Trinajstić information content (AvgIpc) is 3.90. The smallest absolute Gasteiger partial charge is 0.518 e. The maximum Gasteiger partial charge on any atom is 2.00 e. The molecule has 8 heterocycles. The normalized spacial score (nSPS) is 11.3. The quantitative estimate of drug-likeness (QED) is 0.171. The third kappa shape index (κ3) is 5.68. The van der Waals surface area contributed by atoms with Gasteiger partial charge in [0.2, 0.25) is 0 Å². The van der Waals surface area contributed by atoms with E-state index in [4.69, 9.17) is 17.7 Å². The maximum atomic E-state index is 5.73. The Morgan fingerprint density at radius 1 is 0.520 bits per heavy atom. The Bertz CT molecular complexity index is 2400. The third-order valence-electron chi connectivity index (χ3n) is 8.07. The maximum absolute atomic E-state index is 5.73. The molecule has 0 saturated heterocycles. The van der Waals surface area contributed by atoms with Gasteiger partial charge in [-0.25, -0.2) is 9.97 Å². The van der Waals surface area contributed by atoms with Crippen molar-refractivity contribution in [2.24, 2.45) is 28.2 Å². The van der Waals surface area contributed by atoms with Crippen molar-refractivity contribution in [1.82, 2.24) is 38.2 Å². The number of fused-ring (bicyclic) bond motifs is 4. The Hall–Kier alpha value is -5.18. The summed E-state index contributed by atoms with van der Waals surface area (Å²) in [6, 6.07) is 10.7.